The first-order valence-corrected chi connectivity index (χ1v) is 5.86. The van der Waals surface area contributed by atoms with Crippen LogP contribution in [0.2, 0.25) is 0 Å². The summed E-state index contributed by atoms with van der Waals surface area (Å²) in [5.41, 5.74) is 2.40. The standard InChI is InChI=1S/C16H14O3/c1-11(2)16(18)19-15-9-5-13(6-10-15)12-3-7-14(17)8-4-12/h3-10,17H,1H2,2H3/p+1. The zero-order valence-electron chi connectivity index (χ0n) is 10.6. The first-order valence-electron chi connectivity index (χ1n) is 5.86. The average Bonchev–Trinajstić information content (AvgIpc) is 2.40. The minimum atomic E-state index is -0.425. The molecule has 2 aromatic rings. The number of carbonyl (C=O) groups is 1. The van der Waals surface area contributed by atoms with Gasteiger partial charge in [-0.15, -0.1) is 0 Å². The van der Waals surface area contributed by atoms with Crippen LogP contribution in [0.3, 0.4) is 0 Å². The molecule has 0 amide bonds. The van der Waals surface area contributed by atoms with Gasteiger partial charge in [-0.25, -0.2) is 4.79 Å². The van der Waals surface area contributed by atoms with Crippen LogP contribution >= 0.6 is 0 Å². The lowest BCUT2D eigenvalue weighted by Gasteiger charge is -2.05. The summed E-state index contributed by atoms with van der Waals surface area (Å²) in [6.07, 6.45) is 0. The third-order valence-electron chi connectivity index (χ3n) is 2.63. The summed E-state index contributed by atoms with van der Waals surface area (Å²) >= 11 is 0. The van der Waals surface area contributed by atoms with Gasteiger partial charge in [0.2, 0.25) is 0 Å². The number of hydrogen-bond donors (Lipinski definition) is 0. The van der Waals surface area contributed by atoms with Crippen molar-refractivity contribution in [2.75, 3.05) is 0 Å². The lowest BCUT2D eigenvalue weighted by molar-refractivity contribution is -0.130. The van der Waals surface area contributed by atoms with Crippen LogP contribution in [0.5, 0.6) is 11.5 Å². The van der Waals surface area contributed by atoms with E-state index in [2.05, 4.69) is 6.58 Å². The summed E-state index contributed by atoms with van der Waals surface area (Å²) in [4.78, 5) is 11.4. The Morgan fingerprint density at radius 3 is 1.95 bits per heavy atom. The Balaban J connectivity index is 2.16. The molecule has 0 radical (unpaired) electrons. The maximum Gasteiger partial charge on any atom is 0.338 e. The van der Waals surface area contributed by atoms with Gasteiger partial charge in [0.05, 0.1) is 0 Å². The molecule has 2 rings (SSSR count). The second-order valence-corrected chi connectivity index (χ2v) is 4.27. The van der Waals surface area contributed by atoms with Crippen LogP contribution in [0.4, 0.5) is 0 Å². The number of ether oxygens (including phenoxy) is 1. The molecule has 0 saturated heterocycles. The van der Waals surface area contributed by atoms with Gasteiger partial charge in [0.25, 0.3) is 5.75 Å². The molecule has 3 heteroatoms. The SMILES string of the molecule is C=C(C)C(=O)Oc1ccc(-c2ccc([OH2+])cc2)cc1. The van der Waals surface area contributed by atoms with Gasteiger partial charge >= 0.3 is 5.97 Å². The molecule has 0 heterocycles. The van der Waals surface area contributed by atoms with E-state index in [9.17, 15) is 4.79 Å². The van der Waals surface area contributed by atoms with E-state index in [1.54, 1.807) is 31.2 Å². The molecule has 0 aromatic heterocycles. The Hall–Kier alpha value is -2.55. The second-order valence-electron chi connectivity index (χ2n) is 4.27. The number of hydrogen-bond acceptors (Lipinski definition) is 2. The topological polar surface area (TPSA) is 49.2 Å². The summed E-state index contributed by atoms with van der Waals surface area (Å²) in [7, 11) is 0. The summed E-state index contributed by atoms with van der Waals surface area (Å²) in [6, 6.07) is 14.5. The lowest BCUT2D eigenvalue weighted by Crippen LogP contribution is -2.07. The van der Waals surface area contributed by atoms with Crippen LogP contribution in [0.15, 0.2) is 60.7 Å². The normalized spacial score (nSPS) is 9.95. The van der Waals surface area contributed by atoms with E-state index in [0.717, 1.165) is 11.1 Å². The van der Waals surface area contributed by atoms with Crippen LogP contribution in [-0.4, -0.2) is 11.1 Å². The van der Waals surface area contributed by atoms with E-state index >= 15 is 0 Å². The van der Waals surface area contributed by atoms with Gasteiger partial charge in [0.1, 0.15) is 5.75 Å². The van der Waals surface area contributed by atoms with Gasteiger partial charge < -0.3 is 9.84 Å². The fourth-order valence-corrected chi connectivity index (χ4v) is 1.57. The highest BCUT2D eigenvalue weighted by atomic mass is 16.5. The molecule has 96 valence electrons. The van der Waals surface area contributed by atoms with Crippen molar-refractivity contribution in [3.63, 3.8) is 0 Å². The zero-order valence-corrected chi connectivity index (χ0v) is 10.6. The molecule has 0 aliphatic rings. The summed E-state index contributed by atoms with van der Waals surface area (Å²) in [5, 5.41) is 7.44. The summed E-state index contributed by atoms with van der Waals surface area (Å²) < 4.78 is 5.12. The molecule has 2 aromatic carbocycles. The van der Waals surface area contributed by atoms with Crippen molar-refractivity contribution < 1.29 is 14.6 Å². The van der Waals surface area contributed by atoms with Gasteiger partial charge in [-0.2, -0.15) is 0 Å². The Morgan fingerprint density at radius 1 is 1.00 bits per heavy atom. The van der Waals surface area contributed by atoms with Gasteiger partial charge in [0, 0.05) is 17.7 Å². The van der Waals surface area contributed by atoms with E-state index in [0.29, 0.717) is 17.1 Å². The fourth-order valence-electron chi connectivity index (χ4n) is 1.57. The molecule has 0 fully saturated rings. The molecular formula is C16H15O3+. The van der Waals surface area contributed by atoms with Crippen LogP contribution in [0.25, 0.3) is 11.1 Å². The third-order valence-corrected chi connectivity index (χ3v) is 2.63. The first-order chi connectivity index (χ1) is 9.06. The molecule has 0 bridgehead atoms. The Labute approximate surface area is 111 Å². The highest BCUT2D eigenvalue weighted by molar-refractivity contribution is 5.88. The highest BCUT2D eigenvalue weighted by Gasteiger charge is 2.05. The molecule has 19 heavy (non-hydrogen) atoms. The van der Waals surface area contributed by atoms with Gasteiger partial charge in [-0.3, -0.25) is 0 Å². The van der Waals surface area contributed by atoms with Crippen LogP contribution in [0, 0.1) is 0 Å². The van der Waals surface area contributed by atoms with Crippen LogP contribution in [-0.2, 0) is 4.79 Å². The average molecular weight is 255 g/mol. The molecule has 0 unspecified atom stereocenters. The van der Waals surface area contributed by atoms with Crippen molar-refractivity contribution in [2.24, 2.45) is 0 Å². The first kappa shape index (κ1) is 12.9. The second kappa shape index (κ2) is 5.40. The van der Waals surface area contributed by atoms with E-state index in [4.69, 9.17) is 9.84 Å². The van der Waals surface area contributed by atoms with Crippen LogP contribution in [0.1, 0.15) is 6.92 Å². The highest BCUT2D eigenvalue weighted by Crippen LogP contribution is 2.24. The number of rotatable bonds is 3. The minimum Gasteiger partial charge on any atom is -0.593 e. The quantitative estimate of drug-likeness (QED) is 0.366. The molecule has 0 saturated carbocycles. The minimum absolute atomic E-state index is 0.370. The Bertz CT molecular complexity index is 595. The maximum atomic E-state index is 11.4. The maximum absolute atomic E-state index is 11.4. The van der Waals surface area contributed by atoms with Crippen molar-refractivity contribution >= 4 is 5.97 Å². The number of esters is 1. The molecule has 0 spiro atoms. The Morgan fingerprint density at radius 2 is 1.47 bits per heavy atom. The molecule has 3 nitrogen and oxygen atoms in total. The molecule has 2 N–H and O–H groups in total. The third kappa shape index (κ3) is 3.22. The summed E-state index contributed by atoms with van der Waals surface area (Å²) in [6.45, 7) is 5.14. The number of benzene rings is 2. The van der Waals surface area contributed by atoms with Crippen molar-refractivity contribution in [2.45, 2.75) is 6.92 Å². The van der Waals surface area contributed by atoms with Crippen molar-refractivity contribution in [1.82, 2.24) is 0 Å². The Kier molecular flexibility index (Phi) is 3.66. The monoisotopic (exact) mass is 255 g/mol. The van der Waals surface area contributed by atoms with Crippen LogP contribution < -0.4 is 4.74 Å². The predicted octanol–water partition coefficient (Wildman–Crippen LogP) is 3.27. The molecule has 0 aliphatic carbocycles. The fraction of sp³-hybridized carbons (Fsp3) is 0.0625. The number of carbonyl (C=O) groups excluding carboxylic acids is 1. The van der Waals surface area contributed by atoms with Crippen molar-refractivity contribution in [3.8, 4) is 22.6 Å². The van der Waals surface area contributed by atoms with E-state index < -0.39 is 5.97 Å². The lowest BCUT2D eigenvalue weighted by atomic mass is 10.1. The van der Waals surface area contributed by atoms with E-state index in [-0.39, 0.29) is 0 Å². The summed E-state index contributed by atoms with van der Waals surface area (Å²) in [5.74, 6) is 0.552. The largest absolute Gasteiger partial charge is 0.593 e. The van der Waals surface area contributed by atoms with Crippen molar-refractivity contribution in [3.05, 3.63) is 60.7 Å². The molecule has 0 aliphatic heterocycles. The smallest absolute Gasteiger partial charge is 0.338 e. The van der Waals surface area contributed by atoms with E-state index in [1.165, 1.54) is 0 Å². The molecular weight excluding hydrogens is 240 g/mol. The van der Waals surface area contributed by atoms with Gasteiger partial charge in [-0.05, 0) is 42.3 Å². The zero-order chi connectivity index (χ0) is 13.8. The van der Waals surface area contributed by atoms with Gasteiger partial charge in [-0.1, -0.05) is 18.7 Å². The van der Waals surface area contributed by atoms with E-state index in [1.807, 2.05) is 24.3 Å². The van der Waals surface area contributed by atoms with Crippen molar-refractivity contribution in [1.29, 1.82) is 0 Å². The van der Waals surface area contributed by atoms with Gasteiger partial charge in [0.15, 0.2) is 0 Å². The molecule has 0 atom stereocenters. The predicted molar refractivity (Wildman–Crippen MR) is 75.4 cm³/mol.